The van der Waals surface area contributed by atoms with Crippen molar-refractivity contribution in [1.29, 1.82) is 0 Å². The van der Waals surface area contributed by atoms with Gasteiger partial charge >= 0.3 is 5.97 Å². The Hall–Kier alpha value is -1.64. The van der Waals surface area contributed by atoms with Gasteiger partial charge in [-0.3, -0.25) is 4.79 Å². The Balaban J connectivity index is 2.11. The number of rotatable bonds is 3. The molecule has 0 unspecified atom stereocenters. The first kappa shape index (κ1) is 12.8. The molecule has 0 heterocycles. The van der Waals surface area contributed by atoms with Gasteiger partial charge in [-0.1, -0.05) is 18.6 Å². The summed E-state index contributed by atoms with van der Waals surface area (Å²) in [6.07, 6.45) is 3.73. The lowest BCUT2D eigenvalue weighted by Crippen LogP contribution is -2.17. The molecule has 1 saturated carbocycles. The maximum atomic E-state index is 11.8. The quantitative estimate of drug-likeness (QED) is 0.770. The fraction of sp³-hybridized carbons (Fsp3) is 0.467. The molecule has 0 saturated heterocycles. The van der Waals surface area contributed by atoms with Crippen LogP contribution < -0.4 is 0 Å². The number of ketones is 1. The predicted octanol–water partition coefficient (Wildman–Crippen LogP) is 3.09. The minimum Gasteiger partial charge on any atom is -0.462 e. The van der Waals surface area contributed by atoms with Crippen molar-refractivity contribution < 1.29 is 14.3 Å². The Morgan fingerprint density at radius 3 is 2.61 bits per heavy atom. The molecule has 18 heavy (non-hydrogen) atoms. The van der Waals surface area contributed by atoms with Gasteiger partial charge in [-0.05, 0) is 37.5 Å². The number of carbonyl (C=O) groups excluding carboxylic acids is 2. The van der Waals surface area contributed by atoms with Crippen molar-refractivity contribution >= 4 is 11.8 Å². The molecule has 2 rings (SSSR count). The summed E-state index contributed by atoms with van der Waals surface area (Å²) in [5, 5.41) is 0. The Morgan fingerprint density at radius 2 is 2.00 bits per heavy atom. The summed E-state index contributed by atoms with van der Waals surface area (Å²) in [4.78, 5) is 23.3. The Morgan fingerprint density at radius 1 is 1.28 bits per heavy atom. The minimum absolute atomic E-state index is 0.0231. The monoisotopic (exact) mass is 246 g/mol. The van der Waals surface area contributed by atoms with Gasteiger partial charge in [0.15, 0.2) is 0 Å². The van der Waals surface area contributed by atoms with E-state index in [1.54, 1.807) is 19.1 Å². The van der Waals surface area contributed by atoms with Gasteiger partial charge in [-0.2, -0.15) is 0 Å². The van der Waals surface area contributed by atoms with E-state index in [4.69, 9.17) is 4.74 Å². The smallest absolute Gasteiger partial charge is 0.338 e. The Labute approximate surface area is 107 Å². The van der Waals surface area contributed by atoms with Crippen molar-refractivity contribution in [2.45, 2.75) is 38.5 Å². The summed E-state index contributed by atoms with van der Waals surface area (Å²) in [6, 6.07) is 7.24. The van der Waals surface area contributed by atoms with Crippen LogP contribution in [0.25, 0.3) is 0 Å². The maximum Gasteiger partial charge on any atom is 0.338 e. The molecule has 0 radical (unpaired) electrons. The first-order valence-electron chi connectivity index (χ1n) is 6.52. The summed E-state index contributed by atoms with van der Waals surface area (Å²) >= 11 is 0. The molecule has 3 nitrogen and oxygen atoms in total. The van der Waals surface area contributed by atoms with E-state index in [0.29, 0.717) is 24.4 Å². The van der Waals surface area contributed by atoms with Crippen LogP contribution in [0.3, 0.4) is 0 Å². The van der Waals surface area contributed by atoms with Crippen LogP contribution in [0.5, 0.6) is 0 Å². The summed E-state index contributed by atoms with van der Waals surface area (Å²) in [7, 11) is 0. The van der Waals surface area contributed by atoms with E-state index in [9.17, 15) is 9.59 Å². The topological polar surface area (TPSA) is 43.4 Å². The number of hydrogen-bond donors (Lipinski definition) is 0. The molecule has 3 heteroatoms. The van der Waals surface area contributed by atoms with Crippen molar-refractivity contribution in [3.63, 3.8) is 0 Å². The van der Waals surface area contributed by atoms with Crippen molar-refractivity contribution in [3.05, 3.63) is 35.4 Å². The van der Waals surface area contributed by atoms with Crippen LogP contribution in [0.2, 0.25) is 0 Å². The van der Waals surface area contributed by atoms with Crippen molar-refractivity contribution in [1.82, 2.24) is 0 Å². The third-order valence-corrected chi connectivity index (χ3v) is 3.38. The molecule has 0 aliphatic heterocycles. The molecule has 0 N–H and O–H groups in total. The van der Waals surface area contributed by atoms with Crippen LogP contribution in [0.4, 0.5) is 0 Å². The van der Waals surface area contributed by atoms with Gasteiger partial charge in [-0.15, -0.1) is 0 Å². The zero-order chi connectivity index (χ0) is 13.0. The predicted molar refractivity (Wildman–Crippen MR) is 68.6 cm³/mol. The van der Waals surface area contributed by atoms with Crippen LogP contribution in [0, 0.1) is 0 Å². The van der Waals surface area contributed by atoms with Crippen LogP contribution in [-0.2, 0) is 9.53 Å². The molecule has 0 aromatic heterocycles. The van der Waals surface area contributed by atoms with Gasteiger partial charge < -0.3 is 4.74 Å². The SMILES string of the molecule is CCOC(=O)c1ccc([C@H]2CCCCC2=O)cc1. The molecular weight excluding hydrogens is 228 g/mol. The highest BCUT2D eigenvalue weighted by Crippen LogP contribution is 2.29. The largest absolute Gasteiger partial charge is 0.462 e. The number of esters is 1. The zero-order valence-electron chi connectivity index (χ0n) is 10.6. The summed E-state index contributed by atoms with van der Waals surface area (Å²) < 4.78 is 4.93. The second kappa shape index (κ2) is 5.80. The third kappa shape index (κ3) is 2.78. The second-order valence-corrected chi connectivity index (χ2v) is 4.61. The van der Waals surface area contributed by atoms with Gasteiger partial charge in [0.2, 0.25) is 0 Å². The zero-order valence-corrected chi connectivity index (χ0v) is 10.6. The second-order valence-electron chi connectivity index (χ2n) is 4.61. The molecule has 96 valence electrons. The van der Waals surface area contributed by atoms with Gasteiger partial charge in [0.1, 0.15) is 5.78 Å². The minimum atomic E-state index is -0.306. The molecule has 0 amide bonds. The van der Waals surface area contributed by atoms with Gasteiger partial charge in [0.05, 0.1) is 12.2 Å². The average Bonchev–Trinajstić information content (AvgIpc) is 2.40. The van der Waals surface area contributed by atoms with Gasteiger partial charge in [0, 0.05) is 12.3 Å². The standard InChI is InChI=1S/C15H18O3/c1-2-18-15(17)12-9-7-11(8-10-12)13-5-3-4-6-14(13)16/h7-10,13H,2-6H2,1H3/t13-/m1/s1. The van der Waals surface area contributed by atoms with E-state index >= 15 is 0 Å². The van der Waals surface area contributed by atoms with Crippen LogP contribution in [0.1, 0.15) is 54.4 Å². The molecule has 1 aliphatic rings. The van der Waals surface area contributed by atoms with Crippen LogP contribution >= 0.6 is 0 Å². The van der Waals surface area contributed by atoms with Crippen LogP contribution in [0.15, 0.2) is 24.3 Å². The lowest BCUT2D eigenvalue weighted by Gasteiger charge is -2.20. The molecule has 0 bridgehead atoms. The Kier molecular flexibility index (Phi) is 4.13. The number of ether oxygens (including phenoxy) is 1. The van der Waals surface area contributed by atoms with E-state index < -0.39 is 0 Å². The van der Waals surface area contributed by atoms with E-state index in [0.717, 1.165) is 24.8 Å². The van der Waals surface area contributed by atoms with E-state index in [-0.39, 0.29) is 11.9 Å². The van der Waals surface area contributed by atoms with E-state index in [2.05, 4.69) is 0 Å². The lowest BCUT2D eigenvalue weighted by atomic mass is 9.83. The first-order chi connectivity index (χ1) is 8.72. The maximum absolute atomic E-state index is 11.8. The molecule has 0 spiro atoms. The first-order valence-corrected chi connectivity index (χ1v) is 6.52. The van der Waals surface area contributed by atoms with Crippen LogP contribution in [-0.4, -0.2) is 18.4 Å². The van der Waals surface area contributed by atoms with E-state index in [1.807, 2.05) is 12.1 Å². The molecule has 1 aliphatic carbocycles. The average molecular weight is 246 g/mol. The lowest BCUT2D eigenvalue weighted by molar-refractivity contribution is -0.121. The fourth-order valence-electron chi connectivity index (χ4n) is 2.40. The molecular formula is C15H18O3. The van der Waals surface area contributed by atoms with E-state index in [1.165, 1.54) is 0 Å². The van der Waals surface area contributed by atoms with Crippen molar-refractivity contribution in [2.24, 2.45) is 0 Å². The highest BCUT2D eigenvalue weighted by molar-refractivity contribution is 5.90. The third-order valence-electron chi connectivity index (χ3n) is 3.38. The van der Waals surface area contributed by atoms with Crippen molar-refractivity contribution in [3.8, 4) is 0 Å². The number of Topliss-reactive ketones (excluding diaryl/α,β-unsaturated/α-hetero) is 1. The highest BCUT2D eigenvalue weighted by atomic mass is 16.5. The number of carbonyl (C=O) groups is 2. The number of hydrogen-bond acceptors (Lipinski definition) is 3. The molecule has 1 aromatic rings. The van der Waals surface area contributed by atoms with Gasteiger partial charge in [0.25, 0.3) is 0 Å². The Bertz CT molecular complexity index is 434. The normalized spacial score (nSPS) is 19.6. The molecule has 1 fully saturated rings. The highest BCUT2D eigenvalue weighted by Gasteiger charge is 2.23. The summed E-state index contributed by atoms with van der Waals surface area (Å²) in [5.41, 5.74) is 1.57. The van der Waals surface area contributed by atoms with Gasteiger partial charge in [-0.25, -0.2) is 4.79 Å². The molecule has 1 aromatic carbocycles. The summed E-state index contributed by atoms with van der Waals surface area (Å²) in [6.45, 7) is 2.16. The fourth-order valence-corrected chi connectivity index (χ4v) is 2.40. The summed E-state index contributed by atoms with van der Waals surface area (Å²) in [5.74, 6) is 0.0409. The number of benzene rings is 1. The van der Waals surface area contributed by atoms with Crippen molar-refractivity contribution in [2.75, 3.05) is 6.61 Å². The molecule has 1 atom stereocenters.